The molecule has 0 aromatic heterocycles. The zero-order chi connectivity index (χ0) is 15.9. The zero-order valence-electron chi connectivity index (χ0n) is 15.1. The number of hydrogen-bond donors (Lipinski definition) is 0. The molecular weight excluding hydrogens is 258 g/mol. The highest BCUT2D eigenvalue weighted by Crippen LogP contribution is 2.12. The van der Waals surface area contributed by atoms with Gasteiger partial charge in [-0.1, -0.05) is 78.1 Å². The van der Waals surface area contributed by atoms with Gasteiger partial charge in [0.1, 0.15) is 0 Å². The highest BCUT2D eigenvalue weighted by Gasteiger charge is 2.12. The summed E-state index contributed by atoms with van der Waals surface area (Å²) in [6, 6.07) is 0.380. The van der Waals surface area contributed by atoms with Crippen LogP contribution in [0.1, 0.15) is 104 Å². The summed E-state index contributed by atoms with van der Waals surface area (Å²) in [7, 11) is 1.94. The van der Waals surface area contributed by atoms with Crippen LogP contribution in [0.15, 0.2) is 0 Å². The third kappa shape index (κ3) is 11.8. The third-order valence-corrected chi connectivity index (χ3v) is 4.64. The maximum absolute atomic E-state index is 11.9. The first kappa shape index (κ1) is 20.5. The van der Waals surface area contributed by atoms with Crippen LogP contribution in [-0.4, -0.2) is 23.9 Å². The fraction of sp³-hybridized carbons (Fsp3) is 0.947. The average Bonchev–Trinajstić information content (AvgIpc) is 2.50. The number of amides is 1. The minimum Gasteiger partial charge on any atom is -0.343 e. The molecule has 126 valence electrons. The van der Waals surface area contributed by atoms with Crippen molar-refractivity contribution in [3.8, 4) is 0 Å². The van der Waals surface area contributed by atoms with E-state index in [1.165, 1.54) is 64.2 Å². The Morgan fingerprint density at radius 2 is 1.24 bits per heavy atom. The molecule has 1 unspecified atom stereocenters. The molecule has 0 bridgehead atoms. The molecular formula is C19H39NO. The summed E-state index contributed by atoms with van der Waals surface area (Å²) in [4.78, 5) is 13.8. The van der Waals surface area contributed by atoms with Gasteiger partial charge in [0.05, 0.1) is 0 Å². The molecule has 2 heteroatoms. The number of rotatable bonds is 14. The molecule has 0 rings (SSSR count). The topological polar surface area (TPSA) is 20.3 Å². The van der Waals surface area contributed by atoms with Crippen LogP contribution in [0.25, 0.3) is 0 Å². The quantitative estimate of drug-likeness (QED) is 0.363. The standard InChI is InChI=1S/C19H39NO/c1-5-7-8-9-10-11-12-13-14-15-16-17-19(21)20(4)18(3)6-2/h18H,5-17H2,1-4H3. The van der Waals surface area contributed by atoms with Crippen molar-refractivity contribution in [1.82, 2.24) is 4.90 Å². The highest BCUT2D eigenvalue weighted by molar-refractivity contribution is 5.76. The van der Waals surface area contributed by atoms with Crippen LogP contribution in [0.5, 0.6) is 0 Å². The van der Waals surface area contributed by atoms with E-state index in [0.29, 0.717) is 11.9 Å². The summed E-state index contributed by atoms with van der Waals surface area (Å²) in [5.41, 5.74) is 0. The second-order valence-electron chi connectivity index (χ2n) is 6.55. The van der Waals surface area contributed by atoms with Crippen LogP contribution in [0, 0.1) is 0 Å². The lowest BCUT2D eigenvalue weighted by Gasteiger charge is -2.23. The lowest BCUT2D eigenvalue weighted by molar-refractivity contribution is -0.131. The molecule has 0 aliphatic rings. The predicted octanol–water partition coefficient (Wildman–Crippen LogP) is 5.94. The minimum atomic E-state index is 0.320. The summed E-state index contributed by atoms with van der Waals surface area (Å²) in [6.07, 6.45) is 16.5. The van der Waals surface area contributed by atoms with Crippen molar-refractivity contribution in [2.75, 3.05) is 7.05 Å². The van der Waals surface area contributed by atoms with Crippen LogP contribution in [0.4, 0.5) is 0 Å². The lowest BCUT2D eigenvalue weighted by Crippen LogP contribution is -2.34. The van der Waals surface area contributed by atoms with Crippen molar-refractivity contribution < 1.29 is 4.79 Å². The molecule has 0 radical (unpaired) electrons. The van der Waals surface area contributed by atoms with Crippen LogP contribution >= 0.6 is 0 Å². The van der Waals surface area contributed by atoms with Gasteiger partial charge in [-0.25, -0.2) is 0 Å². The Labute approximate surface area is 133 Å². The van der Waals surface area contributed by atoms with Crippen LogP contribution in [-0.2, 0) is 4.79 Å². The first-order chi connectivity index (χ1) is 10.1. The molecule has 1 atom stereocenters. The monoisotopic (exact) mass is 297 g/mol. The Hall–Kier alpha value is -0.530. The van der Waals surface area contributed by atoms with Gasteiger partial charge in [-0.05, 0) is 19.8 Å². The molecule has 21 heavy (non-hydrogen) atoms. The summed E-state index contributed by atoms with van der Waals surface area (Å²) in [6.45, 7) is 6.53. The van der Waals surface area contributed by atoms with Crippen molar-refractivity contribution in [2.45, 2.75) is 110 Å². The molecule has 0 saturated carbocycles. The van der Waals surface area contributed by atoms with Gasteiger partial charge in [0.25, 0.3) is 0 Å². The Balaban J connectivity index is 3.30. The second kappa shape index (κ2) is 14.4. The predicted molar refractivity (Wildman–Crippen MR) is 93.6 cm³/mol. The first-order valence-corrected chi connectivity index (χ1v) is 9.39. The zero-order valence-corrected chi connectivity index (χ0v) is 15.1. The Morgan fingerprint density at radius 1 is 0.810 bits per heavy atom. The van der Waals surface area contributed by atoms with E-state index < -0.39 is 0 Å². The summed E-state index contributed by atoms with van der Waals surface area (Å²) in [5.74, 6) is 0.320. The molecule has 0 fully saturated rings. The van der Waals surface area contributed by atoms with E-state index in [1.807, 2.05) is 11.9 Å². The fourth-order valence-corrected chi connectivity index (χ4v) is 2.64. The molecule has 0 aromatic carbocycles. The van der Waals surface area contributed by atoms with Gasteiger partial charge < -0.3 is 4.90 Å². The van der Waals surface area contributed by atoms with Crippen LogP contribution in [0.2, 0.25) is 0 Å². The summed E-state index contributed by atoms with van der Waals surface area (Å²) in [5, 5.41) is 0. The van der Waals surface area contributed by atoms with Crippen molar-refractivity contribution in [3.63, 3.8) is 0 Å². The lowest BCUT2D eigenvalue weighted by atomic mass is 10.0. The highest BCUT2D eigenvalue weighted by atomic mass is 16.2. The number of hydrogen-bond acceptors (Lipinski definition) is 1. The molecule has 0 aliphatic carbocycles. The van der Waals surface area contributed by atoms with E-state index >= 15 is 0 Å². The summed E-state index contributed by atoms with van der Waals surface area (Å²) >= 11 is 0. The van der Waals surface area contributed by atoms with Gasteiger partial charge in [0, 0.05) is 19.5 Å². The number of nitrogens with zero attached hydrogens (tertiary/aromatic N) is 1. The molecule has 0 saturated heterocycles. The second-order valence-corrected chi connectivity index (χ2v) is 6.55. The van der Waals surface area contributed by atoms with E-state index in [4.69, 9.17) is 0 Å². The van der Waals surface area contributed by atoms with Gasteiger partial charge in [0.15, 0.2) is 0 Å². The average molecular weight is 298 g/mol. The van der Waals surface area contributed by atoms with E-state index in [1.54, 1.807) is 0 Å². The molecule has 0 heterocycles. The largest absolute Gasteiger partial charge is 0.343 e. The van der Waals surface area contributed by atoms with E-state index in [-0.39, 0.29) is 0 Å². The molecule has 2 nitrogen and oxygen atoms in total. The normalized spacial score (nSPS) is 12.4. The third-order valence-electron chi connectivity index (χ3n) is 4.64. The number of carbonyl (C=O) groups is 1. The van der Waals surface area contributed by atoms with Gasteiger partial charge in [-0.15, -0.1) is 0 Å². The number of carbonyl (C=O) groups excluding carboxylic acids is 1. The smallest absolute Gasteiger partial charge is 0.222 e. The maximum Gasteiger partial charge on any atom is 0.222 e. The number of unbranched alkanes of at least 4 members (excludes halogenated alkanes) is 10. The van der Waals surface area contributed by atoms with E-state index in [0.717, 1.165) is 19.3 Å². The summed E-state index contributed by atoms with van der Waals surface area (Å²) < 4.78 is 0. The Kier molecular flexibility index (Phi) is 14.0. The van der Waals surface area contributed by atoms with Crippen molar-refractivity contribution >= 4 is 5.91 Å². The minimum absolute atomic E-state index is 0.320. The van der Waals surface area contributed by atoms with Gasteiger partial charge in [-0.2, -0.15) is 0 Å². The molecule has 0 spiro atoms. The van der Waals surface area contributed by atoms with E-state index in [9.17, 15) is 4.79 Å². The van der Waals surface area contributed by atoms with Crippen LogP contribution < -0.4 is 0 Å². The van der Waals surface area contributed by atoms with E-state index in [2.05, 4.69) is 20.8 Å². The van der Waals surface area contributed by atoms with Crippen LogP contribution in [0.3, 0.4) is 0 Å². The fourth-order valence-electron chi connectivity index (χ4n) is 2.64. The van der Waals surface area contributed by atoms with Gasteiger partial charge >= 0.3 is 0 Å². The van der Waals surface area contributed by atoms with Gasteiger partial charge in [-0.3, -0.25) is 4.79 Å². The Morgan fingerprint density at radius 3 is 1.67 bits per heavy atom. The van der Waals surface area contributed by atoms with Crippen molar-refractivity contribution in [2.24, 2.45) is 0 Å². The SMILES string of the molecule is CCCCCCCCCCCCCC(=O)N(C)C(C)CC. The molecule has 0 aromatic rings. The Bertz CT molecular complexity index is 240. The van der Waals surface area contributed by atoms with Gasteiger partial charge in [0.2, 0.25) is 5.91 Å². The van der Waals surface area contributed by atoms with Crippen molar-refractivity contribution in [1.29, 1.82) is 0 Å². The molecule has 0 N–H and O–H groups in total. The maximum atomic E-state index is 11.9. The molecule has 1 amide bonds. The first-order valence-electron chi connectivity index (χ1n) is 9.39. The van der Waals surface area contributed by atoms with Crippen molar-refractivity contribution in [3.05, 3.63) is 0 Å². The molecule has 0 aliphatic heterocycles.